The summed E-state index contributed by atoms with van der Waals surface area (Å²) in [6, 6.07) is 49.8. The highest BCUT2D eigenvalue weighted by Crippen LogP contribution is 2.57. The van der Waals surface area contributed by atoms with E-state index in [0.717, 1.165) is 62.4 Å². The summed E-state index contributed by atoms with van der Waals surface area (Å²) in [6.07, 6.45) is 26.7. The van der Waals surface area contributed by atoms with Gasteiger partial charge in [-0.25, -0.2) is 4.98 Å². The van der Waals surface area contributed by atoms with Crippen molar-refractivity contribution in [2.24, 2.45) is 0 Å². The Morgan fingerprint density at radius 1 is 0.613 bits per heavy atom. The van der Waals surface area contributed by atoms with Crippen molar-refractivity contribution in [3.05, 3.63) is 266 Å². The number of pyridine rings is 1. The molecule has 1 aliphatic carbocycles. The van der Waals surface area contributed by atoms with Crippen LogP contribution in [-0.4, -0.2) is 11.5 Å². The van der Waals surface area contributed by atoms with E-state index in [2.05, 4.69) is 195 Å². The molecule has 8 rings (SSSR count). The maximum Gasteiger partial charge on any atom is 0.0715 e. The number of aromatic nitrogens is 1. The average Bonchev–Trinajstić information content (AvgIpc) is 3.59. The van der Waals surface area contributed by atoms with Gasteiger partial charge in [0, 0.05) is 23.9 Å². The van der Waals surface area contributed by atoms with E-state index in [0.29, 0.717) is 0 Å². The lowest BCUT2D eigenvalue weighted by Gasteiger charge is -2.36. The molecule has 62 heavy (non-hydrogen) atoms. The van der Waals surface area contributed by atoms with Gasteiger partial charge in [-0.15, -0.1) is 0 Å². The summed E-state index contributed by atoms with van der Waals surface area (Å²) in [6.45, 7) is 19.3. The Labute approximate surface area is 369 Å². The molecule has 1 N–H and O–H groups in total. The molecule has 2 nitrogen and oxygen atoms in total. The zero-order valence-corrected chi connectivity index (χ0v) is 36.1. The molecule has 0 bridgehead atoms. The van der Waals surface area contributed by atoms with Crippen LogP contribution in [0, 0.1) is 0 Å². The number of hydrogen-bond donors (Lipinski definition) is 1. The highest BCUT2D eigenvalue weighted by molar-refractivity contribution is 5.97. The maximum absolute atomic E-state index is 5.12. The molecule has 0 radical (unpaired) electrons. The highest BCUT2D eigenvalue weighted by Gasteiger charge is 2.47. The Bertz CT molecular complexity index is 2750. The molecule has 0 saturated heterocycles. The summed E-state index contributed by atoms with van der Waals surface area (Å²) < 4.78 is 0. The van der Waals surface area contributed by atoms with Crippen LogP contribution in [0.3, 0.4) is 0 Å². The minimum absolute atomic E-state index is 0.554. The van der Waals surface area contributed by atoms with Gasteiger partial charge < -0.3 is 5.32 Å². The molecule has 6 aromatic rings. The van der Waals surface area contributed by atoms with Gasteiger partial charge in [0.15, 0.2) is 0 Å². The molecule has 0 fully saturated rings. The van der Waals surface area contributed by atoms with Crippen molar-refractivity contribution >= 4 is 5.57 Å². The van der Waals surface area contributed by atoms with Crippen molar-refractivity contribution in [3.63, 3.8) is 0 Å². The third-order valence-electron chi connectivity index (χ3n) is 11.4. The third-order valence-corrected chi connectivity index (χ3v) is 11.4. The van der Waals surface area contributed by atoms with E-state index in [1.807, 2.05) is 56.4 Å². The van der Waals surface area contributed by atoms with Crippen LogP contribution in [0.2, 0.25) is 0 Å². The Hall–Kier alpha value is -7.55. The molecule has 1 aromatic heterocycles. The lowest BCUT2D eigenvalue weighted by molar-refractivity contribution is 0.724. The number of nitrogens with zero attached hydrogens (tertiary/aromatic N) is 1. The number of hydrogen-bond acceptors (Lipinski definition) is 2. The number of dihydropyridines is 1. The zero-order valence-electron chi connectivity index (χ0n) is 36.1. The van der Waals surface area contributed by atoms with Crippen molar-refractivity contribution in [2.45, 2.75) is 26.2 Å². The smallest absolute Gasteiger partial charge is 0.0715 e. The number of fused-ring (bicyclic) bond motifs is 1. The SMILES string of the molecule is C=C/C=C\C.C=C/C=C\C1=C(C)C(C(=C)/C=C\C=C/C)(C2=CNCC=C2)c2cccc(-c3cccc(-c4cccc(-c5cc(-c6ccccc6)nc(-c6ccccc6)c5)c4)c3)c21. The fourth-order valence-corrected chi connectivity index (χ4v) is 8.53. The Balaban J connectivity index is 0.00000109. The van der Waals surface area contributed by atoms with Crippen LogP contribution in [0.15, 0.2) is 255 Å². The van der Waals surface area contributed by atoms with Crippen LogP contribution in [-0.2, 0) is 5.41 Å². The number of allylic oxidation sites excluding steroid dienone is 15. The molecule has 1 unspecified atom stereocenters. The van der Waals surface area contributed by atoms with Crippen molar-refractivity contribution in [2.75, 3.05) is 6.54 Å². The van der Waals surface area contributed by atoms with Crippen LogP contribution >= 0.6 is 0 Å². The maximum atomic E-state index is 5.12. The minimum atomic E-state index is -0.554. The quantitative estimate of drug-likeness (QED) is 0.125. The average molecular weight is 803 g/mol. The summed E-state index contributed by atoms with van der Waals surface area (Å²) in [7, 11) is 0. The minimum Gasteiger partial charge on any atom is -0.387 e. The molecular weight excluding hydrogens is 749 g/mol. The largest absolute Gasteiger partial charge is 0.387 e. The summed E-state index contributed by atoms with van der Waals surface area (Å²) in [5.74, 6) is 0. The number of nitrogens with one attached hydrogen (secondary N) is 1. The normalized spacial score (nSPS) is 15.7. The van der Waals surface area contributed by atoms with Gasteiger partial charge in [-0.3, -0.25) is 0 Å². The van der Waals surface area contributed by atoms with Crippen LogP contribution in [0.4, 0.5) is 0 Å². The van der Waals surface area contributed by atoms with Crippen LogP contribution in [0.25, 0.3) is 61.5 Å². The van der Waals surface area contributed by atoms with Crippen molar-refractivity contribution in [1.82, 2.24) is 10.3 Å². The predicted molar refractivity (Wildman–Crippen MR) is 268 cm³/mol. The molecule has 5 aromatic carbocycles. The first-order chi connectivity index (χ1) is 30.4. The van der Waals surface area contributed by atoms with E-state index in [1.165, 1.54) is 33.4 Å². The summed E-state index contributed by atoms with van der Waals surface area (Å²) in [4.78, 5) is 5.12. The van der Waals surface area contributed by atoms with Gasteiger partial charge in [0.2, 0.25) is 0 Å². The highest BCUT2D eigenvalue weighted by atomic mass is 14.8. The van der Waals surface area contributed by atoms with E-state index in [1.54, 1.807) is 6.08 Å². The molecule has 0 spiro atoms. The lowest BCUT2D eigenvalue weighted by atomic mass is 9.66. The molecule has 0 amide bonds. The zero-order chi connectivity index (χ0) is 43.3. The molecule has 1 aliphatic heterocycles. The van der Waals surface area contributed by atoms with Crippen molar-refractivity contribution in [1.29, 1.82) is 0 Å². The Kier molecular flexibility index (Phi) is 13.8. The van der Waals surface area contributed by atoms with Gasteiger partial charge in [0.25, 0.3) is 0 Å². The molecule has 1 atom stereocenters. The molecule has 2 heterocycles. The summed E-state index contributed by atoms with van der Waals surface area (Å²) in [5, 5.41) is 3.49. The molecule has 304 valence electrons. The van der Waals surface area contributed by atoms with Crippen LogP contribution in [0.1, 0.15) is 31.9 Å². The third kappa shape index (κ3) is 8.82. The first-order valence-electron chi connectivity index (χ1n) is 21.3. The van der Waals surface area contributed by atoms with Crippen LogP contribution in [0.5, 0.6) is 0 Å². The van der Waals surface area contributed by atoms with Gasteiger partial charge in [0.1, 0.15) is 0 Å². The fraction of sp³-hybridized carbons (Fsp3) is 0.0833. The van der Waals surface area contributed by atoms with Gasteiger partial charge in [-0.1, -0.05) is 208 Å². The van der Waals surface area contributed by atoms with Gasteiger partial charge in [-0.05, 0) is 112 Å². The first-order valence-corrected chi connectivity index (χ1v) is 21.3. The van der Waals surface area contributed by atoms with Crippen molar-refractivity contribution < 1.29 is 0 Å². The van der Waals surface area contributed by atoms with E-state index in [4.69, 9.17) is 11.6 Å². The molecule has 2 heteroatoms. The second-order valence-electron chi connectivity index (χ2n) is 15.2. The van der Waals surface area contributed by atoms with E-state index in [9.17, 15) is 0 Å². The number of benzene rings is 5. The van der Waals surface area contributed by atoms with E-state index >= 15 is 0 Å². The first kappa shape index (κ1) is 42.6. The standard InChI is InChI=1S/C55H46N2.C5H8/c1-5-7-11-20-39(3)55(48-29-19-33-56-38-48)40(4)49(30-8-6-2)54-50(31-18-32-51(54)55)46-28-17-26-44(35-46)43-25-16-27-45(34-43)47-36-52(41-21-12-9-13-22-41)57-53(37-47)42-23-14-10-15-24-42;1-3-5-4-2/h5-32,34-38,56H,2-3,33H2,1,4H3;3-5H,1H2,2H3/b7-5-,20-11-,30-8-;5-4-. The summed E-state index contributed by atoms with van der Waals surface area (Å²) in [5.41, 5.74) is 17.5. The van der Waals surface area contributed by atoms with Crippen molar-refractivity contribution in [3.8, 4) is 55.9 Å². The molecule has 2 aliphatic rings. The second kappa shape index (κ2) is 20.1. The molecule has 0 saturated carbocycles. The monoisotopic (exact) mass is 802 g/mol. The van der Waals surface area contributed by atoms with Gasteiger partial charge in [0.05, 0.1) is 16.8 Å². The number of rotatable bonds is 12. The lowest BCUT2D eigenvalue weighted by Crippen LogP contribution is -2.32. The Morgan fingerprint density at radius 3 is 1.74 bits per heavy atom. The molecular formula is C60H54N2. The second-order valence-corrected chi connectivity index (χ2v) is 15.2. The fourth-order valence-electron chi connectivity index (χ4n) is 8.53. The van der Waals surface area contributed by atoms with Gasteiger partial charge >= 0.3 is 0 Å². The topological polar surface area (TPSA) is 24.9 Å². The van der Waals surface area contributed by atoms with Gasteiger partial charge in [-0.2, -0.15) is 0 Å². The van der Waals surface area contributed by atoms with E-state index in [-0.39, 0.29) is 0 Å². The van der Waals surface area contributed by atoms with E-state index < -0.39 is 5.41 Å². The summed E-state index contributed by atoms with van der Waals surface area (Å²) >= 11 is 0. The predicted octanol–water partition coefficient (Wildman–Crippen LogP) is 15.7. The van der Waals surface area contributed by atoms with Crippen LogP contribution < -0.4 is 5.32 Å². The Morgan fingerprint density at radius 2 is 1.18 bits per heavy atom.